The van der Waals surface area contributed by atoms with Gasteiger partial charge >= 0.3 is 0 Å². The van der Waals surface area contributed by atoms with Crippen LogP contribution in [-0.2, 0) is 4.79 Å². The Morgan fingerprint density at radius 3 is 2.63 bits per heavy atom. The van der Waals surface area contributed by atoms with E-state index in [-0.39, 0.29) is 5.41 Å². The van der Waals surface area contributed by atoms with Gasteiger partial charge in [0, 0.05) is 11.8 Å². The number of hydrogen-bond donors (Lipinski definition) is 1. The summed E-state index contributed by atoms with van der Waals surface area (Å²) in [6, 6.07) is 0. The van der Waals surface area contributed by atoms with Crippen molar-refractivity contribution in [2.45, 2.75) is 72.6 Å². The summed E-state index contributed by atoms with van der Waals surface area (Å²) in [6.45, 7) is 10.9. The molecule has 2 nitrogen and oxygen atoms in total. The first-order valence-corrected chi connectivity index (χ1v) is 8.26. The van der Waals surface area contributed by atoms with Crippen molar-refractivity contribution in [1.29, 1.82) is 0 Å². The molecule has 1 rings (SSSR count). The molecule has 1 fully saturated rings. The fraction of sp³-hybridized carbons (Fsp3) is 0.941. The highest BCUT2D eigenvalue weighted by Crippen LogP contribution is 2.35. The topological polar surface area (TPSA) is 29.1 Å². The lowest BCUT2D eigenvalue weighted by atomic mass is 9.70. The summed E-state index contributed by atoms with van der Waals surface area (Å²) < 4.78 is 0. The summed E-state index contributed by atoms with van der Waals surface area (Å²) >= 11 is 0. The Morgan fingerprint density at radius 2 is 2.11 bits per heavy atom. The molecule has 0 spiro atoms. The molecule has 2 atom stereocenters. The Balaban J connectivity index is 2.53. The number of piperidine rings is 1. The largest absolute Gasteiger partial charge is 0.316 e. The fourth-order valence-corrected chi connectivity index (χ4v) is 3.16. The zero-order valence-electron chi connectivity index (χ0n) is 13.4. The molecule has 1 saturated heterocycles. The van der Waals surface area contributed by atoms with Crippen LogP contribution in [0.4, 0.5) is 0 Å². The van der Waals surface area contributed by atoms with Crippen LogP contribution in [0.1, 0.15) is 72.6 Å². The second kappa shape index (κ2) is 8.04. The number of ketones is 1. The Hall–Kier alpha value is -0.370. The van der Waals surface area contributed by atoms with Crippen molar-refractivity contribution in [3.8, 4) is 0 Å². The van der Waals surface area contributed by atoms with Crippen LogP contribution in [0.25, 0.3) is 0 Å². The van der Waals surface area contributed by atoms with E-state index in [1.165, 1.54) is 32.1 Å². The minimum absolute atomic E-state index is 0.146. The fourth-order valence-electron chi connectivity index (χ4n) is 3.16. The molecule has 1 heterocycles. The molecule has 1 aliphatic heterocycles. The lowest BCUT2D eigenvalue weighted by Gasteiger charge is -2.37. The number of rotatable bonds is 8. The normalized spacial score (nSPS) is 22.2. The molecule has 0 radical (unpaired) electrons. The molecule has 2 heteroatoms. The van der Waals surface area contributed by atoms with E-state index >= 15 is 0 Å². The number of hydrogen-bond acceptors (Lipinski definition) is 2. The molecule has 1 aliphatic rings. The lowest BCUT2D eigenvalue weighted by molar-refractivity contribution is -0.131. The monoisotopic (exact) mass is 267 g/mol. The van der Waals surface area contributed by atoms with Gasteiger partial charge in [-0.15, -0.1) is 0 Å². The molecule has 0 bridgehead atoms. The third kappa shape index (κ3) is 4.91. The van der Waals surface area contributed by atoms with Crippen molar-refractivity contribution in [3.05, 3.63) is 0 Å². The van der Waals surface area contributed by atoms with E-state index < -0.39 is 0 Å². The van der Waals surface area contributed by atoms with Crippen molar-refractivity contribution in [2.75, 3.05) is 13.1 Å². The minimum atomic E-state index is -0.146. The Kier molecular flexibility index (Phi) is 7.06. The van der Waals surface area contributed by atoms with E-state index in [1.54, 1.807) is 0 Å². The van der Waals surface area contributed by atoms with Gasteiger partial charge in [-0.3, -0.25) is 4.79 Å². The molecular formula is C17H33NO. The van der Waals surface area contributed by atoms with Crippen molar-refractivity contribution >= 4 is 5.78 Å². The SMILES string of the molecule is CCCCC(CC)CC(=O)C(C)(C)C1CCCNC1. The summed E-state index contributed by atoms with van der Waals surface area (Å²) in [6.07, 6.45) is 8.08. The first-order valence-electron chi connectivity index (χ1n) is 8.26. The van der Waals surface area contributed by atoms with Gasteiger partial charge in [-0.05, 0) is 37.8 Å². The first-order chi connectivity index (χ1) is 9.02. The smallest absolute Gasteiger partial charge is 0.139 e. The number of carbonyl (C=O) groups is 1. The second-order valence-electron chi connectivity index (χ2n) is 6.81. The van der Waals surface area contributed by atoms with Gasteiger partial charge in [0.15, 0.2) is 0 Å². The lowest BCUT2D eigenvalue weighted by Crippen LogP contribution is -2.43. The zero-order valence-corrected chi connectivity index (χ0v) is 13.4. The van der Waals surface area contributed by atoms with Gasteiger partial charge in [0.2, 0.25) is 0 Å². The zero-order chi connectivity index (χ0) is 14.3. The van der Waals surface area contributed by atoms with Crippen LogP contribution in [0.5, 0.6) is 0 Å². The number of nitrogens with one attached hydrogen (secondary N) is 1. The number of carbonyl (C=O) groups excluding carboxylic acids is 1. The molecule has 0 aromatic heterocycles. The molecule has 0 saturated carbocycles. The maximum atomic E-state index is 12.7. The first kappa shape index (κ1) is 16.7. The maximum absolute atomic E-state index is 12.7. The van der Waals surface area contributed by atoms with Crippen LogP contribution in [0.15, 0.2) is 0 Å². The Morgan fingerprint density at radius 1 is 1.37 bits per heavy atom. The van der Waals surface area contributed by atoms with E-state index in [4.69, 9.17) is 0 Å². The van der Waals surface area contributed by atoms with Gasteiger partial charge in [0.25, 0.3) is 0 Å². The summed E-state index contributed by atoms with van der Waals surface area (Å²) in [5.41, 5.74) is -0.146. The van der Waals surface area contributed by atoms with E-state index in [2.05, 4.69) is 33.0 Å². The molecular weight excluding hydrogens is 234 g/mol. The van der Waals surface area contributed by atoms with E-state index in [1.807, 2.05) is 0 Å². The number of unbranched alkanes of at least 4 members (excludes halogenated alkanes) is 1. The van der Waals surface area contributed by atoms with Gasteiger partial charge in [0.1, 0.15) is 5.78 Å². The van der Waals surface area contributed by atoms with Gasteiger partial charge in [0.05, 0.1) is 0 Å². The quantitative estimate of drug-likeness (QED) is 0.714. The molecule has 19 heavy (non-hydrogen) atoms. The highest BCUT2D eigenvalue weighted by molar-refractivity contribution is 5.84. The molecule has 2 unspecified atom stereocenters. The highest BCUT2D eigenvalue weighted by atomic mass is 16.1. The van der Waals surface area contributed by atoms with Crippen LogP contribution in [-0.4, -0.2) is 18.9 Å². The van der Waals surface area contributed by atoms with Crippen molar-refractivity contribution in [1.82, 2.24) is 5.32 Å². The molecule has 0 aromatic carbocycles. The average molecular weight is 267 g/mol. The van der Waals surface area contributed by atoms with Crippen LogP contribution < -0.4 is 5.32 Å². The summed E-state index contributed by atoms with van der Waals surface area (Å²) in [5, 5.41) is 3.45. The highest BCUT2D eigenvalue weighted by Gasteiger charge is 2.37. The summed E-state index contributed by atoms with van der Waals surface area (Å²) in [7, 11) is 0. The van der Waals surface area contributed by atoms with Crippen molar-refractivity contribution < 1.29 is 4.79 Å². The second-order valence-corrected chi connectivity index (χ2v) is 6.81. The van der Waals surface area contributed by atoms with Crippen molar-refractivity contribution in [3.63, 3.8) is 0 Å². The predicted molar refractivity (Wildman–Crippen MR) is 82.3 cm³/mol. The summed E-state index contributed by atoms with van der Waals surface area (Å²) in [5.74, 6) is 1.62. The van der Waals surface area contributed by atoms with E-state index in [0.29, 0.717) is 17.6 Å². The van der Waals surface area contributed by atoms with Crippen LogP contribution in [0, 0.1) is 17.3 Å². The Bertz CT molecular complexity index is 266. The molecule has 0 aromatic rings. The van der Waals surface area contributed by atoms with Gasteiger partial charge in [-0.25, -0.2) is 0 Å². The average Bonchev–Trinajstić information content (AvgIpc) is 2.44. The molecule has 1 N–H and O–H groups in total. The standard InChI is InChI=1S/C17H33NO/c1-5-7-9-14(6-2)12-16(19)17(3,4)15-10-8-11-18-13-15/h14-15,18H,5-13H2,1-4H3. The van der Waals surface area contributed by atoms with Crippen LogP contribution in [0.2, 0.25) is 0 Å². The summed E-state index contributed by atoms with van der Waals surface area (Å²) in [4.78, 5) is 12.7. The van der Waals surface area contributed by atoms with Gasteiger partial charge in [-0.2, -0.15) is 0 Å². The van der Waals surface area contributed by atoms with Gasteiger partial charge in [-0.1, -0.05) is 53.4 Å². The predicted octanol–water partition coefficient (Wildman–Crippen LogP) is 4.19. The van der Waals surface area contributed by atoms with Crippen LogP contribution >= 0.6 is 0 Å². The maximum Gasteiger partial charge on any atom is 0.139 e. The Labute approximate surface area is 119 Å². The van der Waals surface area contributed by atoms with Gasteiger partial charge < -0.3 is 5.32 Å². The number of Topliss-reactive ketones (excluding diaryl/α,β-unsaturated/α-hetero) is 1. The molecule has 0 amide bonds. The molecule has 112 valence electrons. The third-order valence-electron chi connectivity index (χ3n) is 5.05. The van der Waals surface area contributed by atoms with E-state index in [0.717, 1.165) is 25.9 Å². The van der Waals surface area contributed by atoms with Crippen LogP contribution in [0.3, 0.4) is 0 Å². The third-order valence-corrected chi connectivity index (χ3v) is 5.05. The van der Waals surface area contributed by atoms with E-state index in [9.17, 15) is 4.79 Å². The molecule has 0 aliphatic carbocycles. The van der Waals surface area contributed by atoms with Crippen molar-refractivity contribution in [2.24, 2.45) is 17.3 Å². The minimum Gasteiger partial charge on any atom is -0.316 e.